The Balaban J connectivity index is 1.74. The first-order valence-corrected chi connectivity index (χ1v) is 7.14. The molecule has 0 amide bonds. The number of hydrogen-bond acceptors (Lipinski definition) is 5. The van der Waals surface area contributed by atoms with Crippen molar-refractivity contribution in [1.29, 1.82) is 0 Å². The van der Waals surface area contributed by atoms with Gasteiger partial charge in [0.15, 0.2) is 0 Å². The van der Waals surface area contributed by atoms with Crippen LogP contribution in [-0.4, -0.2) is 46.1 Å². The summed E-state index contributed by atoms with van der Waals surface area (Å²) in [5.41, 5.74) is 5.94. The topological polar surface area (TPSA) is 91.5 Å². The number of piperidine rings is 1. The summed E-state index contributed by atoms with van der Waals surface area (Å²) < 4.78 is 0. The van der Waals surface area contributed by atoms with Gasteiger partial charge in [-0.3, -0.25) is 4.90 Å². The maximum atomic E-state index is 11.1. The molecule has 1 aromatic rings. The highest BCUT2D eigenvalue weighted by Gasteiger charge is 2.35. The lowest BCUT2D eigenvalue weighted by Crippen LogP contribution is -2.41. The smallest absolute Gasteiger partial charge is 0.337 e. The van der Waals surface area contributed by atoms with E-state index in [-0.39, 0.29) is 11.3 Å². The van der Waals surface area contributed by atoms with Crippen molar-refractivity contribution in [2.45, 2.75) is 37.8 Å². The number of aromatic nitrogens is 1. The Morgan fingerprint density at radius 2 is 2.25 bits per heavy atom. The summed E-state index contributed by atoms with van der Waals surface area (Å²) in [4.78, 5) is 17.8. The first-order chi connectivity index (χ1) is 9.65. The predicted octanol–water partition coefficient (Wildman–Crippen LogP) is 1.40. The molecule has 0 saturated carbocycles. The van der Waals surface area contributed by atoms with Gasteiger partial charge in [0.1, 0.15) is 5.82 Å². The molecule has 20 heavy (non-hydrogen) atoms. The second-order valence-corrected chi connectivity index (χ2v) is 5.60. The fraction of sp³-hybridized carbons (Fsp3) is 0.571. The molecular weight excluding hydrogens is 256 g/mol. The van der Waals surface area contributed by atoms with Gasteiger partial charge >= 0.3 is 5.97 Å². The van der Waals surface area contributed by atoms with Crippen LogP contribution in [0, 0.1) is 0 Å². The largest absolute Gasteiger partial charge is 0.478 e. The fourth-order valence-corrected chi connectivity index (χ4v) is 3.34. The zero-order valence-corrected chi connectivity index (χ0v) is 11.4. The monoisotopic (exact) mass is 276 g/mol. The number of aromatic carboxylic acids is 1. The van der Waals surface area contributed by atoms with E-state index in [1.165, 1.54) is 38.1 Å². The molecule has 2 atom stereocenters. The lowest BCUT2D eigenvalue weighted by molar-refractivity contribution is 0.0698. The first kappa shape index (κ1) is 13.2. The van der Waals surface area contributed by atoms with E-state index in [0.717, 1.165) is 13.0 Å². The molecular formula is C14H20N4O2. The molecule has 1 aromatic heterocycles. The van der Waals surface area contributed by atoms with Crippen LogP contribution in [0.2, 0.25) is 0 Å². The summed E-state index contributed by atoms with van der Waals surface area (Å²) in [5, 5.41) is 12.5. The lowest BCUT2D eigenvalue weighted by atomic mass is 9.99. The third kappa shape index (κ3) is 2.43. The number of nitrogens with one attached hydrogen (secondary N) is 1. The van der Waals surface area contributed by atoms with Gasteiger partial charge in [0.25, 0.3) is 0 Å². The molecule has 0 bridgehead atoms. The van der Waals surface area contributed by atoms with Crippen molar-refractivity contribution in [2.24, 2.45) is 0 Å². The minimum absolute atomic E-state index is 0.112. The Hall–Kier alpha value is -1.82. The van der Waals surface area contributed by atoms with E-state index >= 15 is 0 Å². The van der Waals surface area contributed by atoms with Crippen LogP contribution in [0.1, 0.15) is 36.0 Å². The number of hydrogen-bond donors (Lipinski definition) is 3. The second-order valence-electron chi connectivity index (χ2n) is 5.60. The number of carboxylic acids is 1. The minimum Gasteiger partial charge on any atom is -0.478 e. The number of carbonyl (C=O) groups is 1. The van der Waals surface area contributed by atoms with Crippen molar-refractivity contribution in [3.8, 4) is 0 Å². The molecule has 4 N–H and O–H groups in total. The van der Waals surface area contributed by atoms with E-state index in [0.29, 0.717) is 17.9 Å². The van der Waals surface area contributed by atoms with Crippen LogP contribution >= 0.6 is 0 Å². The highest BCUT2D eigenvalue weighted by atomic mass is 16.4. The lowest BCUT2D eigenvalue weighted by Gasteiger charge is -2.32. The Labute approximate surface area is 118 Å². The van der Waals surface area contributed by atoms with Gasteiger partial charge < -0.3 is 16.2 Å². The minimum atomic E-state index is -1.02. The molecule has 2 fully saturated rings. The van der Waals surface area contributed by atoms with Gasteiger partial charge in [-0.2, -0.15) is 0 Å². The molecule has 108 valence electrons. The maximum absolute atomic E-state index is 11.1. The van der Waals surface area contributed by atoms with Gasteiger partial charge in [-0.25, -0.2) is 9.78 Å². The van der Waals surface area contributed by atoms with E-state index in [2.05, 4.69) is 15.2 Å². The number of anilines is 2. The number of carboxylic acid groups (broad SMARTS) is 1. The summed E-state index contributed by atoms with van der Waals surface area (Å²) in [6, 6.07) is 2.44. The van der Waals surface area contributed by atoms with Crippen molar-refractivity contribution in [3.63, 3.8) is 0 Å². The van der Waals surface area contributed by atoms with Crippen LogP contribution in [0.3, 0.4) is 0 Å². The van der Waals surface area contributed by atoms with Gasteiger partial charge in [-0.15, -0.1) is 0 Å². The SMILES string of the molecule is Nc1cnc(NC2CCN3CCCCC23)cc1C(=O)O. The molecule has 2 unspecified atom stereocenters. The Bertz CT molecular complexity index is 520. The molecule has 0 spiro atoms. The number of fused-ring (bicyclic) bond motifs is 1. The standard InChI is InChI=1S/C14H20N4O2/c15-10-8-16-13(7-9(10)14(19)20)17-11-4-6-18-5-2-1-3-12(11)18/h7-8,11-12H,1-6,15H2,(H,16,17)(H,19,20). The molecule has 3 rings (SSSR count). The summed E-state index contributed by atoms with van der Waals surface area (Å²) in [6.07, 6.45) is 6.26. The average Bonchev–Trinajstić information content (AvgIpc) is 2.84. The van der Waals surface area contributed by atoms with E-state index in [9.17, 15) is 4.79 Å². The number of nitrogens with two attached hydrogens (primary N) is 1. The van der Waals surface area contributed by atoms with Crippen molar-refractivity contribution >= 4 is 17.5 Å². The highest BCUT2D eigenvalue weighted by Crippen LogP contribution is 2.29. The normalized spacial score (nSPS) is 26.2. The Morgan fingerprint density at radius 1 is 1.40 bits per heavy atom. The van der Waals surface area contributed by atoms with Crippen molar-refractivity contribution in [1.82, 2.24) is 9.88 Å². The average molecular weight is 276 g/mol. The Kier molecular flexibility index (Phi) is 3.48. The summed E-state index contributed by atoms with van der Waals surface area (Å²) in [5.74, 6) is -0.410. The molecule has 0 aromatic carbocycles. The number of pyridine rings is 1. The third-order valence-electron chi connectivity index (χ3n) is 4.35. The number of rotatable bonds is 3. The fourth-order valence-electron chi connectivity index (χ4n) is 3.34. The van der Waals surface area contributed by atoms with E-state index in [4.69, 9.17) is 10.8 Å². The van der Waals surface area contributed by atoms with E-state index < -0.39 is 5.97 Å². The molecule has 6 heteroatoms. The highest BCUT2D eigenvalue weighted by molar-refractivity contribution is 5.94. The number of nitrogens with zero attached hydrogens (tertiary/aromatic N) is 2. The van der Waals surface area contributed by atoms with Gasteiger partial charge in [0.05, 0.1) is 17.4 Å². The van der Waals surface area contributed by atoms with Crippen molar-refractivity contribution in [3.05, 3.63) is 17.8 Å². The second kappa shape index (κ2) is 5.28. The van der Waals surface area contributed by atoms with Gasteiger partial charge in [0.2, 0.25) is 0 Å². The molecule has 3 heterocycles. The van der Waals surface area contributed by atoms with Gasteiger partial charge in [-0.1, -0.05) is 6.42 Å². The Morgan fingerprint density at radius 3 is 3.05 bits per heavy atom. The van der Waals surface area contributed by atoms with Crippen molar-refractivity contribution < 1.29 is 9.90 Å². The van der Waals surface area contributed by atoms with Crippen LogP contribution in [0.5, 0.6) is 0 Å². The molecule has 2 saturated heterocycles. The zero-order valence-electron chi connectivity index (χ0n) is 11.4. The first-order valence-electron chi connectivity index (χ1n) is 7.14. The van der Waals surface area contributed by atoms with E-state index in [1.54, 1.807) is 0 Å². The summed E-state index contributed by atoms with van der Waals surface area (Å²) >= 11 is 0. The van der Waals surface area contributed by atoms with E-state index in [1.807, 2.05) is 0 Å². The molecule has 0 aliphatic carbocycles. The van der Waals surface area contributed by atoms with Gasteiger partial charge in [-0.05, 0) is 31.9 Å². The summed E-state index contributed by atoms with van der Waals surface area (Å²) in [6.45, 7) is 2.29. The number of nitrogen functional groups attached to an aromatic ring is 1. The molecule has 2 aliphatic rings. The van der Waals surface area contributed by atoms with Crippen molar-refractivity contribution in [2.75, 3.05) is 24.1 Å². The predicted molar refractivity (Wildman–Crippen MR) is 76.8 cm³/mol. The quantitative estimate of drug-likeness (QED) is 0.773. The zero-order chi connectivity index (χ0) is 14.1. The van der Waals surface area contributed by atoms with Gasteiger partial charge in [0, 0.05) is 18.6 Å². The molecule has 2 aliphatic heterocycles. The third-order valence-corrected chi connectivity index (χ3v) is 4.35. The van der Waals surface area contributed by atoms with Crippen LogP contribution in [0.25, 0.3) is 0 Å². The van der Waals surface area contributed by atoms with Crippen LogP contribution in [0.15, 0.2) is 12.3 Å². The van der Waals surface area contributed by atoms with Crippen LogP contribution in [-0.2, 0) is 0 Å². The molecule has 0 radical (unpaired) electrons. The van der Waals surface area contributed by atoms with Crippen LogP contribution in [0.4, 0.5) is 11.5 Å². The van der Waals surface area contributed by atoms with Crippen LogP contribution < -0.4 is 11.1 Å². The summed E-state index contributed by atoms with van der Waals surface area (Å²) in [7, 11) is 0. The maximum Gasteiger partial charge on any atom is 0.337 e. The molecule has 6 nitrogen and oxygen atoms in total.